The molecule has 19 heavy (non-hydrogen) atoms. The van der Waals surface area contributed by atoms with Gasteiger partial charge in [-0.05, 0) is 36.8 Å². The first kappa shape index (κ1) is 12.2. The molecule has 0 saturated carbocycles. The van der Waals surface area contributed by atoms with Gasteiger partial charge in [0.1, 0.15) is 0 Å². The number of aryl methyl sites for hydroxylation is 1. The van der Waals surface area contributed by atoms with Gasteiger partial charge in [0.05, 0.1) is 0 Å². The second kappa shape index (κ2) is 5.02. The van der Waals surface area contributed by atoms with Gasteiger partial charge in [-0.25, -0.2) is 0 Å². The molecule has 0 radical (unpaired) electrons. The van der Waals surface area contributed by atoms with Crippen LogP contribution < -0.4 is 5.56 Å². The van der Waals surface area contributed by atoms with Gasteiger partial charge in [0.25, 0.3) is 5.56 Å². The van der Waals surface area contributed by atoms with Crippen molar-refractivity contribution in [2.24, 2.45) is 0 Å². The van der Waals surface area contributed by atoms with E-state index in [1.54, 1.807) is 0 Å². The van der Waals surface area contributed by atoms with Crippen molar-refractivity contribution in [1.29, 1.82) is 0 Å². The SMILES string of the molecule is O=c1[nH]c(CCCO)c(-c2ccccc2)c2c1CC2. The summed E-state index contributed by atoms with van der Waals surface area (Å²) in [7, 11) is 0. The molecule has 1 aliphatic carbocycles. The maximum Gasteiger partial charge on any atom is 0.251 e. The minimum absolute atomic E-state index is 0.0499. The molecule has 1 aliphatic rings. The van der Waals surface area contributed by atoms with Gasteiger partial charge in [0.2, 0.25) is 0 Å². The van der Waals surface area contributed by atoms with Gasteiger partial charge in [-0.1, -0.05) is 30.3 Å². The summed E-state index contributed by atoms with van der Waals surface area (Å²) in [6, 6.07) is 10.2. The topological polar surface area (TPSA) is 53.1 Å². The molecule has 0 saturated heterocycles. The van der Waals surface area contributed by atoms with Gasteiger partial charge < -0.3 is 10.1 Å². The van der Waals surface area contributed by atoms with E-state index in [9.17, 15) is 4.79 Å². The molecular weight excluding hydrogens is 238 g/mol. The second-order valence-corrected chi connectivity index (χ2v) is 4.96. The van der Waals surface area contributed by atoms with E-state index in [2.05, 4.69) is 17.1 Å². The summed E-state index contributed by atoms with van der Waals surface area (Å²) >= 11 is 0. The molecule has 3 nitrogen and oxygen atoms in total. The monoisotopic (exact) mass is 255 g/mol. The quantitative estimate of drug-likeness (QED) is 0.878. The zero-order valence-electron chi connectivity index (χ0n) is 10.8. The molecule has 2 N–H and O–H groups in total. The Bertz CT molecular complexity index is 644. The minimum Gasteiger partial charge on any atom is -0.396 e. The van der Waals surface area contributed by atoms with Gasteiger partial charge in [-0.3, -0.25) is 4.79 Å². The normalized spacial score (nSPS) is 12.9. The second-order valence-electron chi connectivity index (χ2n) is 4.96. The van der Waals surface area contributed by atoms with Crippen LogP contribution in [0.2, 0.25) is 0 Å². The fourth-order valence-corrected chi connectivity index (χ4v) is 2.76. The Morgan fingerprint density at radius 1 is 1.11 bits per heavy atom. The van der Waals surface area contributed by atoms with E-state index < -0.39 is 0 Å². The van der Waals surface area contributed by atoms with Gasteiger partial charge in [0, 0.05) is 23.4 Å². The number of aromatic amines is 1. The van der Waals surface area contributed by atoms with Crippen molar-refractivity contribution >= 4 is 0 Å². The number of aliphatic hydroxyl groups excluding tert-OH is 1. The third kappa shape index (κ3) is 2.10. The Labute approximate surface area is 111 Å². The summed E-state index contributed by atoms with van der Waals surface area (Å²) < 4.78 is 0. The van der Waals surface area contributed by atoms with Crippen LogP contribution >= 0.6 is 0 Å². The molecule has 3 heteroatoms. The smallest absolute Gasteiger partial charge is 0.251 e. The Hall–Kier alpha value is -1.87. The van der Waals surface area contributed by atoms with E-state index in [1.807, 2.05) is 18.2 Å². The Kier molecular flexibility index (Phi) is 3.22. The molecule has 98 valence electrons. The number of hydrogen-bond donors (Lipinski definition) is 2. The largest absolute Gasteiger partial charge is 0.396 e. The lowest BCUT2D eigenvalue weighted by Crippen LogP contribution is -2.26. The number of H-pyrrole nitrogens is 1. The lowest BCUT2D eigenvalue weighted by molar-refractivity contribution is 0.288. The number of hydrogen-bond acceptors (Lipinski definition) is 2. The molecule has 0 spiro atoms. The lowest BCUT2D eigenvalue weighted by Gasteiger charge is -2.24. The lowest BCUT2D eigenvalue weighted by atomic mass is 9.82. The van der Waals surface area contributed by atoms with E-state index in [-0.39, 0.29) is 12.2 Å². The number of benzene rings is 1. The van der Waals surface area contributed by atoms with Crippen LogP contribution in [0.4, 0.5) is 0 Å². The Morgan fingerprint density at radius 2 is 1.84 bits per heavy atom. The Morgan fingerprint density at radius 3 is 2.47 bits per heavy atom. The van der Waals surface area contributed by atoms with E-state index in [0.717, 1.165) is 29.7 Å². The highest BCUT2D eigenvalue weighted by atomic mass is 16.2. The van der Waals surface area contributed by atoms with E-state index >= 15 is 0 Å². The standard InChI is InChI=1S/C16H17NO2/c18-10-4-7-14-15(11-5-2-1-3-6-11)12-8-9-13(12)16(19)17-14/h1-3,5-6,18H,4,7-10H2,(H,17,19). The van der Waals surface area contributed by atoms with Gasteiger partial charge in [0.15, 0.2) is 0 Å². The number of pyridine rings is 1. The predicted octanol–water partition coefficient (Wildman–Crippen LogP) is 2.07. The molecule has 2 aromatic rings. The summed E-state index contributed by atoms with van der Waals surface area (Å²) in [5.74, 6) is 0. The van der Waals surface area contributed by atoms with Crippen LogP contribution in [0.15, 0.2) is 35.1 Å². The highest BCUT2D eigenvalue weighted by Crippen LogP contribution is 2.33. The summed E-state index contributed by atoms with van der Waals surface area (Å²) in [6.07, 6.45) is 3.25. The summed E-state index contributed by atoms with van der Waals surface area (Å²) in [6.45, 7) is 0.146. The molecule has 1 heterocycles. The number of rotatable bonds is 4. The van der Waals surface area contributed by atoms with Crippen LogP contribution in [0.1, 0.15) is 23.2 Å². The highest BCUT2D eigenvalue weighted by molar-refractivity contribution is 5.72. The van der Waals surface area contributed by atoms with Crippen molar-refractivity contribution in [3.8, 4) is 11.1 Å². The molecule has 0 bridgehead atoms. The van der Waals surface area contributed by atoms with Crippen LogP contribution in [0.5, 0.6) is 0 Å². The summed E-state index contributed by atoms with van der Waals surface area (Å²) in [5, 5.41) is 9.00. The molecule has 0 fully saturated rings. The van der Waals surface area contributed by atoms with Crippen LogP contribution in [0.3, 0.4) is 0 Å². The first-order valence-electron chi connectivity index (χ1n) is 6.74. The third-order valence-electron chi connectivity index (χ3n) is 3.78. The number of aromatic nitrogens is 1. The molecule has 0 atom stereocenters. The average Bonchev–Trinajstić information content (AvgIpc) is 2.39. The maximum atomic E-state index is 11.9. The third-order valence-corrected chi connectivity index (χ3v) is 3.78. The van der Waals surface area contributed by atoms with Crippen molar-refractivity contribution < 1.29 is 5.11 Å². The molecule has 0 aliphatic heterocycles. The van der Waals surface area contributed by atoms with Crippen molar-refractivity contribution in [2.45, 2.75) is 25.7 Å². The zero-order chi connectivity index (χ0) is 13.2. The van der Waals surface area contributed by atoms with Crippen LogP contribution in [-0.4, -0.2) is 16.7 Å². The van der Waals surface area contributed by atoms with E-state index in [1.165, 1.54) is 11.1 Å². The molecule has 0 unspecified atom stereocenters. The average molecular weight is 255 g/mol. The highest BCUT2D eigenvalue weighted by Gasteiger charge is 2.24. The first-order valence-corrected chi connectivity index (χ1v) is 6.74. The number of aliphatic hydroxyl groups is 1. The van der Waals surface area contributed by atoms with Gasteiger partial charge in [-0.15, -0.1) is 0 Å². The fraction of sp³-hybridized carbons (Fsp3) is 0.312. The van der Waals surface area contributed by atoms with E-state index in [4.69, 9.17) is 5.11 Å². The van der Waals surface area contributed by atoms with Gasteiger partial charge >= 0.3 is 0 Å². The Balaban J connectivity index is 2.16. The van der Waals surface area contributed by atoms with Crippen LogP contribution in [0, 0.1) is 0 Å². The van der Waals surface area contributed by atoms with Gasteiger partial charge in [-0.2, -0.15) is 0 Å². The molecule has 0 amide bonds. The zero-order valence-corrected chi connectivity index (χ0v) is 10.8. The van der Waals surface area contributed by atoms with E-state index in [0.29, 0.717) is 12.8 Å². The van der Waals surface area contributed by atoms with Crippen molar-refractivity contribution in [3.05, 3.63) is 57.5 Å². The van der Waals surface area contributed by atoms with Crippen LogP contribution in [-0.2, 0) is 19.3 Å². The minimum atomic E-state index is 0.0499. The number of fused-ring (bicyclic) bond motifs is 1. The number of nitrogens with one attached hydrogen (secondary N) is 1. The molecule has 3 rings (SSSR count). The summed E-state index contributed by atoms with van der Waals surface area (Å²) in [5.41, 5.74) is 5.48. The van der Waals surface area contributed by atoms with Crippen molar-refractivity contribution in [1.82, 2.24) is 4.98 Å². The van der Waals surface area contributed by atoms with Crippen molar-refractivity contribution in [3.63, 3.8) is 0 Å². The predicted molar refractivity (Wildman–Crippen MR) is 75.3 cm³/mol. The first-order chi connectivity index (χ1) is 9.31. The fourth-order valence-electron chi connectivity index (χ4n) is 2.76. The van der Waals surface area contributed by atoms with Crippen LogP contribution in [0.25, 0.3) is 11.1 Å². The summed E-state index contributed by atoms with van der Waals surface area (Å²) in [4.78, 5) is 14.9. The molecular formula is C16H17NO2. The molecule has 1 aromatic heterocycles. The molecule has 1 aromatic carbocycles. The maximum absolute atomic E-state index is 11.9. The van der Waals surface area contributed by atoms with Crippen molar-refractivity contribution in [2.75, 3.05) is 6.61 Å².